The van der Waals surface area contributed by atoms with Gasteiger partial charge in [0.1, 0.15) is 11.8 Å². The summed E-state index contributed by atoms with van der Waals surface area (Å²) in [7, 11) is 0. The molecule has 100 valence electrons. The molecule has 3 rings (SSSR count). The third-order valence-corrected chi connectivity index (χ3v) is 3.70. The second-order valence-electron chi connectivity index (χ2n) is 4.90. The molecule has 3 heterocycles. The van der Waals surface area contributed by atoms with Gasteiger partial charge in [0, 0.05) is 12.6 Å². The van der Waals surface area contributed by atoms with E-state index >= 15 is 0 Å². The highest BCUT2D eigenvalue weighted by atomic mass is 16.4. The van der Waals surface area contributed by atoms with Crippen LogP contribution in [0.15, 0.2) is 12.7 Å². The Morgan fingerprint density at radius 2 is 2.32 bits per heavy atom. The van der Waals surface area contributed by atoms with Gasteiger partial charge in [0.05, 0.1) is 12.2 Å². The van der Waals surface area contributed by atoms with Crippen molar-refractivity contribution in [3.63, 3.8) is 0 Å². The van der Waals surface area contributed by atoms with Gasteiger partial charge in [0.15, 0.2) is 11.5 Å². The lowest BCUT2D eigenvalue weighted by atomic mass is 9.92. The van der Waals surface area contributed by atoms with Crippen LogP contribution in [-0.2, 0) is 4.79 Å². The summed E-state index contributed by atoms with van der Waals surface area (Å²) in [6, 6.07) is 0.135. The van der Waals surface area contributed by atoms with Gasteiger partial charge in [0.25, 0.3) is 0 Å². The number of hydrogen-bond donors (Lipinski definition) is 2. The largest absolute Gasteiger partial charge is 0.481 e. The Labute approximate surface area is 109 Å². The summed E-state index contributed by atoms with van der Waals surface area (Å²) >= 11 is 0. The molecule has 2 aromatic rings. The van der Waals surface area contributed by atoms with Gasteiger partial charge in [-0.25, -0.2) is 15.0 Å². The lowest BCUT2D eigenvalue weighted by Crippen LogP contribution is -2.43. The Morgan fingerprint density at radius 1 is 1.47 bits per heavy atom. The van der Waals surface area contributed by atoms with Crippen molar-refractivity contribution >= 4 is 23.0 Å². The fraction of sp³-hybridized carbons (Fsp3) is 0.500. The summed E-state index contributed by atoms with van der Waals surface area (Å²) in [4.78, 5) is 28.8. The maximum atomic E-state index is 11.1. The second kappa shape index (κ2) is 4.49. The number of carboxylic acids is 1. The van der Waals surface area contributed by atoms with Crippen LogP contribution in [0.1, 0.15) is 19.8 Å². The smallest absolute Gasteiger partial charge is 0.306 e. The first kappa shape index (κ1) is 11.9. The molecule has 19 heavy (non-hydrogen) atoms. The number of carbonyl (C=O) groups is 1. The molecule has 0 bridgehead atoms. The molecule has 1 saturated heterocycles. The second-order valence-corrected chi connectivity index (χ2v) is 4.90. The number of rotatable bonds is 2. The first-order valence-corrected chi connectivity index (χ1v) is 6.30. The molecule has 1 aliphatic heterocycles. The molecule has 2 unspecified atom stereocenters. The zero-order chi connectivity index (χ0) is 13.4. The van der Waals surface area contributed by atoms with E-state index in [2.05, 4.69) is 24.8 Å². The van der Waals surface area contributed by atoms with Gasteiger partial charge in [-0.2, -0.15) is 0 Å². The van der Waals surface area contributed by atoms with E-state index in [-0.39, 0.29) is 12.0 Å². The summed E-state index contributed by atoms with van der Waals surface area (Å²) in [5, 5.41) is 9.09. The summed E-state index contributed by atoms with van der Waals surface area (Å²) in [6.45, 7) is 2.71. The van der Waals surface area contributed by atoms with Crippen molar-refractivity contribution in [1.29, 1.82) is 0 Å². The van der Waals surface area contributed by atoms with Crippen molar-refractivity contribution in [2.24, 2.45) is 5.92 Å². The fourth-order valence-corrected chi connectivity index (χ4v) is 2.68. The first-order valence-electron chi connectivity index (χ1n) is 6.30. The van der Waals surface area contributed by atoms with Crippen LogP contribution in [0.3, 0.4) is 0 Å². The molecule has 0 spiro atoms. The number of aromatic nitrogens is 4. The number of anilines is 1. The molecule has 7 nitrogen and oxygen atoms in total. The van der Waals surface area contributed by atoms with E-state index in [1.807, 2.05) is 6.92 Å². The average molecular weight is 261 g/mol. The normalized spacial score (nSPS) is 23.7. The van der Waals surface area contributed by atoms with Crippen LogP contribution < -0.4 is 4.90 Å². The molecular formula is C12H15N5O2. The molecule has 0 aliphatic carbocycles. The molecular weight excluding hydrogens is 246 g/mol. The lowest BCUT2D eigenvalue weighted by molar-refractivity contribution is -0.142. The van der Waals surface area contributed by atoms with E-state index in [4.69, 9.17) is 5.11 Å². The number of nitrogens with one attached hydrogen (secondary N) is 1. The number of imidazole rings is 1. The van der Waals surface area contributed by atoms with Gasteiger partial charge in [-0.3, -0.25) is 4.79 Å². The third-order valence-electron chi connectivity index (χ3n) is 3.70. The van der Waals surface area contributed by atoms with Crippen LogP contribution in [0.25, 0.3) is 11.2 Å². The van der Waals surface area contributed by atoms with E-state index in [9.17, 15) is 4.79 Å². The van der Waals surface area contributed by atoms with E-state index in [0.29, 0.717) is 25.0 Å². The summed E-state index contributed by atoms with van der Waals surface area (Å²) < 4.78 is 0. The lowest BCUT2D eigenvalue weighted by Gasteiger charge is -2.37. The first-order chi connectivity index (χ1) is 9.16. The molecule has 2 aromatic heterocycles. The quantitative estimate of drug-likeness (QED) is 0.838. The molecule has 7 heteroatoms. The molecule has 2 atom stereocenters. The van der Waals surface area contributed by atoms with Crippen LogP contribution in [0.2, 0.25) is 0 Å². The number of hydrogen-bond acceptors (Lipinski definition) is 5. The van der Waals surface area contributed by atoms with Gasteiger partial charge in [0.2, 0.25) is 0 Å². The minimum atomic E-state index is -0.708. The minimum Gasteiger partial charge on any atom is -0.481 e. The van der Waals surface area contributed by atoms with Crippen molar-refractivity contribution in [2.45, 2.75) is 25.8 Å². The number of nitrogens with zero attached hydrogens (tertiary/aromatic N) is 4. The number of carboxylic acid groups (broad SMARTS) is 1. The highest BCUT2D eigenvalue weighted by molar-refractivity contribution is 5.83. The Balaban J connectivity index is 1.91. The fourth-order valence-electron chi connectivity index (χ4n) is 2.68. The molecule has 0 radical (unpaired) electrons. The predicted octanol–water partition coefficient (Wildman–Crippen LogP) is 1.04. The Morgan fingerprint density at radius 3 is 3.05 bits per heavy atom. The molecule has 0 aromatic carbocycles. The van der Waals surface area contributed by atoms with Crippen LogP contribution in [0.4, 0.5) is 5.82 Å². The number of aliphatic carboxylic acids is 1. The van der Waals surface area contributed by atoms with Gasteiger partial charge in [-0.05, 0) is 19.8 Å². The number of piperidine rings is 1. The molecule has 0 saturated carbocycles. The van der Waals surface area contributed by atoms with Crippen molar-refractivity contribution in [3.8, 4) is 0 Å². The average Bonchev–Trinajstić information content (AvgIpc) is 2.86. The van der Waals surface area contributed by atoms with Crippen LogP contribution in [-0.4, -0.2) is 43.6 Å². The molecule has 1 fully saturated rings. The highest BCUT2D eigenvalue weighted by Gasteiger charge is 2.31. The molecule has 2 N–H and O–H groups in total. The van der Waals surface area contributed by atoms with Crippen LogP contribution in [0, 0.1) is 5.92 Å². The predicted molar refractivity (Wildman–Crippen MR) is 68.9 cm³/mol. The maximum Gasteiger partial charge on any atom is 0.306 e. The Kier molecular flexibility index (Phi) is 2.81. The monoisotopic (exact) mass is 261 g/mol. The highest BCUT2D eigenvalue weighted by Crippen LogP contribution is 2.29. The van der Waals surface area contributed by atoms with E-state index < -0.39 is 5.97 Å². The maximum absolute atomic E-state index is 11.1. The van der Waals surface area contributed by atoms with Crippen molar-refractivity contribution in [3.05, 3.63) is 12.7 Å². The van der Waals surface area contributed by atoms with E-state index in [0.717, 1.165) is 11.3 Å². The zero-order valence-corrected chi connectivity index (χ0v) is 10.6. The van der Waals surface area contributed by atoms with Gasteiger partial charge < -0.3 is 15.0 Å². The molecule has 1 aliphatic rings. The van der Waals surface area contributed by atoms with Gasteiger partial charge >= 0.3 is 5.97 Å². The Hall–Kier alpha value is -2.18. The van der Waals surface area contributed by atoms with Crippen LogP contribution >= 0.6 is 0 Å². The van der Waals surface area contributed by atoms with Gasteiger partial charge in [-0.15, -0.1) is 0 Å². The molecule has 0 amide bonds. The van der Waals surface area contributed by atoms with E-state index in [1.54, 1.807) is 6.33 Å². The van der Waals surface area contributed by atoms with Crippen molar-refractivity contribution in [2.75, 3.05) is 11.4 Å². The summed E-state index contributed by atoms with van der Waals surface area (Å²) in [5.41, 5.74) is 1.45. The Bertz CT molecular complexity index is 611. The zero-order valence-electron chi connectivity index (χ0n) is 10.6. The van der Waals surface area contributed by atoms with Crippen molar-refractivity contribution < 1.29 is 9.90 Å². The number of H-pyrrole nitrogens is 1. The van der Waals surface area contributed by atoms with E-state index in [1.165, 1.54) is 6.33 Å². The number of aromatic amines is 1. The summed E-state index contributed by atoms with van der Waals surface area (Å²) in [6.07, 6.45) is 4.36. The van der Waals surface area contributed by atoms with Crippen molar-refractivity contribution in [1.82, 2.24) is 19.9 Å². The SMILES string of the molecule is CC1CC(C(=O)O)CCN1c1ncnc2nc[nH]c12. The van der Waals surface area contributed by atoms with Gasteiger partial charge in [-0.1, -0.05) is 0 Å². The standard InChI is InChI=1S/C12H15N5O2/c1-7-4-8(12(18)19)2-3-17(7)11-9-10(14-5-13-9)15-6-16-11/h5-8H,2-4H2,1H3,(H,18,19)(H,13,14,15,16). The topological polar surface area (TPSA) is 95.0 Å². The van der Waals surface area contributed by atoms with Crippen LogP contribution in [0.5, 0.6) is 0 Å². The third kappa shape index (κ3) is 2.00. The minimum absolute atomic E-state index is 0.135. The number of fused-ring (bicyclic) bond motifs is 1. The summed E-state index contributed by atoms with van der Waals surface area (Å²) in [5.74, 6) is -0.162.